The van der Waals surface area contributed by atoms with Crippen molar-refractivity contribution in [2.75, 3.05) is 18.6 Å². The van der Waals surface area contributed by atoms with Crippen LogP contribution in [0.2, 0.25) is 0 Å². The Kier molecular flexibility index (Phi) is 5.13. The first-order valence-electron chi connectivity index (χ1n) is 7.06. The van der Waals surface area contributed by atoms with Crippen molar-refractivity contribution in [1.82, 2.24) is 0 Å². The summed E-state index contributed by atoms with van der Waals surface area (Å²) in [7, 11) is 1.54. The molecule has 3 nitrogen and oxygen atoms in total. The maximum atomic E-state index is 12.9. The molecule has 6 heteroatoms. The summed E-state index contributed by atoms with van der Waals surface area (Å²) in [6.07, 6.45) is 0. The van der Waals surface area contributed by atoms with Crippen LogP contribution in [0.15, 0.2) is 42.5 Å². The van der Waals surface area contributed by atoms with Gasteiger partial charge in [-0.05, 0) is 42.0 Å². The first-order chi connectivity index (χ1) is 11.2. The van der Waals surface area contributed by atoms with Gasteiger partial charge in [0.1, 0.15) is 5.82 Å². The lowest BCUT2D eigenvalue weighted by Crippen LogP contribution is -2.09. The minimum absolute atomic E-state index is 0.291. The Morgan fingerprint density at radius 1 is 1.09 bits per heavy atom. The lowest BCUT2D eigenvalue weighted by atomic mass is 10.2. The molecule has 1 fully saturated rings. The number of halogens is 1. The van der Waals surface area contributed by atoms with Crippen LogP contribution in [-0.2, 0) is 0 Å². The fourth-order valence-electron chi connectivity index (χ4n) is 2.21. The molecule has 2 aromatic carbocycles. The maximum absolute atomic E-state index is 12.9. The molecule has 0 spiro atoms. The van der Waals surface area contributed by atoms with Crippen LogP contribution in [0.25, 0.3) is 0 Å². The van der Waals surface area contributed by atoms with Gasteiger partial charge in [0.15, 0.2) is 11.5 Å². The summed E-state index contributed by atoms with van der Waals surface area (Å²) in [6, 6.07) is 10.8. The van der Waals surface area contributed by atoms with Crippen LogP contribution < -0.4 is 9.47 Å². The third-order valence-corrected chi connectivity index (χ3v) is 6.47. The quantitative estimate of drug-likeness (QED) is 0.598. The smallest absolute Gasteiger partial charge is 0.343 e. The summed E-state index contributed by atoms with van der Waals surface area (Å²) in [6.45, 7) is 0. The van der Waals surface area contributed by atoms with Gasteiger partial charge in [-0.1, -0.05) is 6.07 Å². The fourth-order valence-corrected chi connectivity index (χ4v) is 5.05. The average molecular weight is 350 g/mol. The van der Waals surface area contributed by atoms with E-state index in [-0.39, 0.29) is 0 Å². The number of ether oxygens (including phenoxy) is 2. The van der Waals surface area contributed by atoms with E-state index in [1.165, 1.54) is 24.3 Å². The van der Waals surface area contributed by atoms with Gasteiger partial charge in [-0.2, -0.15) is 0 Å². The summed E-state index contributed by atoms with van der Waals surface area (Å²) in [5.74, 6) is 2.22. The Balaban J connectivity index is 1.79. The van der Waals surface area contributed by atoms with Crippen molar-refractivity contribution in [2.24, 2.45) is 0 Å². The second-order valence-corrected chi connectivity index (χ2v) is 7.60. The van der Waals surface area contributed by atoms with Crippen LogP contribution >= 0.6 is 23.5 Å². The molecule has 0 N–H and O–H groups in total. The van der Waals surface area contributed by atoms with Crippen LogP contribution in [0, 0.1) is 5.82 Å². The van der Waals surface area contributed by atoms with E-state index in [1.807, 2.05) is 35.7 Å². The fraction of sp³-hybridized carbons (Fsp3) is 0.235. The highest BCUT2D eigenvalue weighted by atomic mass is 32.2. The van der Waals surface area contributed by atoms with Crippen LogP contribution in [0.4, 0.5) is 4.39 Å². The second kappa shape index (κ2) is 7.27. The third kappa shape index (κ3) is 3.82. The highest BCUT2D eigenvalue weighted by Crippen LogP contribution is 2.46. The lowest BCUT2D eigenvalue weighted by Gasteiger charge is -2.13. The molecule has 0 atom stereocenters. The van der Waals surface area contributed by atoms with Gasteiger partial charge in [0.2, 0.25) is 0 Å². The molecule has 1 saturated heterocycles. The minimum Gasteiger partial charge on any atom is -0.493 e. The van der Waals surface area contributed by atoms with Gasteiger partial charge in [-0.3, -0.25) is 0 Å². The predicted octanol–water partition coefficient (Wildman–Crippen LogP) is 4.53. The van der Waals surface area contributed by atoms with Crippen molar-refractivity contribution in [3.63, 3.8) is 0 Å². The van der Waals surface area contributed by atoms with Crippen molar-refractivity contribution < 1.29 is 18.7 Å². The second-order valence-electron chi connectivity index (χ2n) is 4.88. The topological polar surface area (TPSA) is 35.5 Å². The molecule has 0 aromatic heterocycles. The predicted molar refractivity (Wildman–Crippen MR) is 92.0 cm³/mol. The Morgan fingerprint density at radius 3 is 2.43 bits per heavy atom. The molecule has 1 aliphatic rings. The molecule has 120 valence electrons. The van der Waals surface area contributed by atoms with Crippen molar-refractivity contribution >= 4 is 29.5 Å². The van der Waals surface area contributed by atoms with Gasteiger partial charge in [0.05, 0.1) is 17.3 Å². The molecule has 0 unspecified atom stereocenters. The van der Waals surface area contributed by atoms with Gasteiger partial charge in [-0.25, -0.2) is 9.18 Å². The number of hydrogen-bond acceptors (Lipinski definition) is 5. The third-order valence-electron chi connectivity index (χ3n) is 3.36. The zero-order chi connectivity index (χ0) is 16.2. The standard InChI is InChI=1S/C17H15FO3S2/c1-20-15-10-12(17-22-8-9-23-17)4-7-14(15)21-16(19)11-2-5-13(18)6-3-11/h2-7,10,17H,8-9H2,1H3. The first-order valence-corrected chi connectivity index (χ1v) is 9.16. The molecule has 0 saturated carbocycles. The molecule has 1 heterocycles. The number of esters is 1. The van der Waals surface area contributed by atoms with Crippen LogP contribution in [0.3, 0.4) is 0 Å². The molecule has 23 heavy (non-hydrogen) atoms. The number of hydrogen-bond donors (Lipinski definition) is 0. The highest BCUT2D eigenvalue weighted by Gasteiger charge is 2.20. The van der Waals surface area contributed by atoms with Gasteiger partial charge in [0.25, 0.3) is 0 Å². The number of benzene rings is 2. The molecule has 1 aliphatic heterocycles. The number of carbonyl (C=O) groups excluding carboxylic acids is 1. The summed E-state index contributed by atoms with van der Waals surface area (Å²) in [4.78, 5) is 12.1. The number of methoxy groups -OCH3 is 1. The molecule has 0 bridgehead atoms. The summed E-state index contributed by atoms with van der Waals surface area (Å²) >= 11 is 3.79. The first kappa shape index (κ1) is 16.2. The largest absolute Gasteiger partial charge is 0.493 e. The van der Waals surface area contributed by atoms with E-state index in [4.69, 9.17) is 9.47 Å². The van der Waals surface area contributed by atoms with E-state index in [1.54, 1.807) is 13.2 Å². The van der Waals surface area contributed by atoms with E-state index in [2.05, 4.69) is 0 Å². The molecule has 0 amide bonds. The Hall–Kier alpha value is -1.66. The molecular formula is C17H15FO3S2. The number of rotatable bonds is 4. The van der Waals surface area contributed by atoms with E-state index < -0.39 is 11.8 Å². The van der Waals surface area contributed by atoms with Gasteiger partial charge in [0, 0.05) is 11.5 Å². The Bertz CT molecular complexity index is 697. The van der Waals surface area contributed by atoms with Crippen LogP contribution in [0.5, 0.6) is 11.5 Å². The average Bonchev–Trinajstić information content (AvgIpc) is 3.10. The molecular weight excluding hydrogens is 335 g/mol. The SMILES string of the molecule is COc1cc(C2SCCS2)ccc1OC(=O)c1ccc(F)cc1. The molecule has 2 aromatic rings. The van der Waals surface area contributed by atoms with Crippen molar-refractivity contribution in [2.45, 2.75) is 4.58 Å². The van der Waals surface area contributed by atoms with E-state index in [0.717, 1.165) is 17.1 Å². The van der Waals surface area contributed by atoms with Crippen molar-refractivity contribution in [3.05, 3.63) is 59.4 Å². The monoisotopic (exact) mass is 350 g/mol. The van der Waals surface area contributed by atoms with Crippen molar-refractivity contribution in [1.29, 1.82) is 0 Å². The van der Waals surface area contributed by atoms with Crippen LogP contribution in [-0.4, -0.2) is 24.6 Å². The summed E-state index contributed by atoms with van der Waals surface area (Å²) in [5, 5.41) is 0. The lowest BCUT2D eigenvalue weighted by molar-refractivity contribution is 0.0729. The molecule has 0 radical (unpaired) electrons. The number of thioether (sulfide) groups is 2. The summed E-state index contributed by atoms with van der Waals surface area (Å²) < 4.78 is 24.0. The minimum atomic E-state index is -0.541. The van der Waals surface area contributed by atoms with Gasteiger partial charge >= 0.3 is 5.97 Å². The number of carbonyl (C=O) groups is 1. The van der Waals surface area contributed by atoms with Crippen molar-refractivity contribution in [3.8, 4) is 11.5 Å². The molecule has 0 aliphatic carbocycles. The summed E-state index contributed by atoms with van der Waals surface area (Å²) in [5.41, 5.74) is 1.44. The Labute approximate surface area is 142 Å². The van der Waals surface area contributed by atoms with Gasteiger partial charge < -0.3 is 9.47 Å². The van der Waals surface area contributed by atoms with E-state index >= 15 is 0 Å². The zero-order valence-electron chi connectivity index (χ0n) is 12.5. The van der Waals surface area contributed by atoms with Gasteiger partial charge in [-0.15, -0.1) is 23.5 Å². The highest BCUT2D eigenvalue weighted by molar-refractivity contribution is 8.19. The zero-order valence-corrected chi connectivity index (χ0v) is 14.1. The molecule has 3 rings (SSSR count). The van der Waals surface area contributed by atoms with Crippen LogP contribution in [0.1, 0.15) is 20.5 Å². The Morgan fingerprint density at radius 2 is 1.78 bits per heavy atom. The maximum Gasteiger partial charge on any atom is 0.343 e. The normalized spacial score (nSPS) is 14.7. The van der Waals surface area contributed by atoms with E-state index in [0.29, 0.717) is 21.6 Å². The van der Waals surface area contributed by atoms with E-state index in [9.17, 15) is 9.18 Å².